The van der Waals surface area contributed by atoms with Gasteiger partial charge in [0.05, 0.1) is 0 Å². The fraction of sp³-hybridized carbons (Fsp3) is 0.571. The first-order chi connectivity index (χ1) is 8.97. The van der Waals surface area contributed by atoms with Crippen molar-refractivity contribution in [2.24, 2.45) is 5.73 Å². The van der Waals surface area contributed by atoms with Crippen LogP contribution in [0.1, 0.15) is 18.5 Å². The fourth-order valence-corrected chi connectivity index (χ4v) is 2.60. The normalized spacial score (nSPS) is 23.5. The van der Waals surface area contributed by atoms with Gasteiger partial charge in [-0.1, -0.05) is 0 Å². The second kappa shape index (κ2) is 5.94. The Morgan fingerprint density at radius 1 is 1.37 bits per heavy atom. The summed E-state index contributed by atoms with van der Waals surface area (Å²) >= 11 is 0. The van der Waals surface area contributed by atoms with Gasteiger partial charge in [0.15, 0.2) is 0 Å². The van der Waals surface area contributed by atoms with Gasteiger partial charge >= 0.3 is 0 Å². The van der Waals surface area contributed by atoms with Gasteiger partial charge in [-0.3, -0.25) is 4.90 Å². The van der Waals surface area contributed by atoms with E-state index in [1.165, 1.54) is 6.07 Å². The third kappa shape index (κ3) is 3.49. The highest BCUT2D eigenvalue weighted by molar-refractivity contribution is 5.22. The quantitative estimate of drug-likeness (QED) is 0.904. The zero-order valence-corrected chi connectivity index (χ0v) is 11.4. The van der Waals surface area contributed by atoms with E-state index in [4.69, 9.17) is 5.73 Å². The van der Waals surface area contributed by atoms with Crippen molar-refractivity contribution < 1.29 is 8.78 Å². The number of benzene rings is 1. The molecule has 0 aromatic heterocycles. The third-order valence-electron chi connectivity index (χ3n) is 3.76. The Hall–Kier alpha value is -1.04. The highest BCUT2D eigenvalue weighted by Gasteiger charge is 2.24. The predicted molar refractivity (Wildman–Crippen MR) is 71.8 cm³/mol. The van der Waals surface area contributed by atoms with Gasteiger partial charge in [-0.2, -0.15) is 0 Å². The first-order valence-electron chi connectivity index (χ1n) is 6.60. The maximum Gasteiger partial charge on any atom is 0.128 e. The molecule has 0 saturated carbocycles. The molecule has 106 valence electrons. The molecule has 19 heavy (non-hydrogen) atoms. The zero-order chi connectivity index (χ0) is 14.0. The lowest BCUT2D eigenvalue weighted by atomic mass is 10.0. The summed E-state index contributed by atoms with van der Waals surface area (Å²) in [6.45, 7) is 5.53. The van der Waals surface area contributed by atoms with E-state index in [0.717, 1.165) is 31.8 Å². The van der Waals surface area contributed by atoms with Crippen LogP contribution in [-0.2, 0) is 0 Å². The van der Waals surface area contributed by atoms with E-state index in [1.807, 2.05) is 0 Å². The van der Waals surface area contributed by atoms with Crippen LogP contribution < -0.4 is 5.73 Å². The molecule has 1 aromatic carbocycles. The number of nitrogens with two attached hydrogens (primary N) is 1. The average Bonchev–Trinajstić information content (AvgIpc) is 2.35. The van der Waals surface area contributed by atoms with Crippen molar-refractivity contribution in [3.63, 3.8) is 0 Å². The lowest BCUT2D eigenvalue weighted by Gasteiger charge is -2.39. The summed E-state index contributed by atoms with van der Waals surface area (Å²) in [5.41, 5.74) is 6.29. The summed E-state index contributed by atoms with van der Waals surface area (Å²) < 4.78 is 26.8. The number of halogens is 2. The standard InChI is InChI=1S/C14H21F2N3/c1-10-8-18(2)5-6-19(10)9-14(17)12-7-11(15)3-4-13(12)16/h3-4,7,10,14H,5-6,8-9,17H2,1-2H3. The summed E-state index contributed by atoms with van der Waals surface area (Å²) in [5, 5.41) is 0. The first-order valence-corrected chi connectivity index (χ1v) is 6.60. The lowest BCUT2D eigenvalue weighted by Crippen LogP contribution is -2.52. The molecule has 0 aliphatic carbocycles. The average molecular weight is 269 g/mol. The van der Waals surface area contributed by atoms with Crippen LogP contribution in [0.3, 0.4) is 0 Å². The first kappa shape index (κ1) is 14.4. The molecule has 2 atom stereocenters. The monoisotopic (exact) mass is 269 g/mol. The van der Waals surface area contributed by atoms with E-state index in [1.54, 1.807) is 0 Å². The predicted octanol–water partition coefficient (Wildman–Crippen LogP) is 1.60. The SMILES string of the molecule is CC1CN(C)CCN1CC(N)c1cc(F)ccc1F. The van der Waals surface area contributed by atoms with Crippen LogP contribution in [0.5, 0.6) is 0 Å². The Morgan fingerprint density at radius 3 is 2.79 bits per heavy atom. The number of hydrogen-bond donors (Lipinski definition) is 1. The summed E-state index contributed by atoms with van der Waals surface area (Å²) in [4.78, 5) is 4.49. The molecule has 2 N–H and O–H groups in total. The molecule has 1 aliphatic rings. The van der Waals surface area contributed by atoms with Crippen LogP contribution in [0.2, 0.25) is 0 Å². The van der Waals surface area contributed by atoms with Gasteiger partial charge in [-0.15, -0.1) is 0 Å². The van der Waals surface area contributed by atoms with Crippen molar-refractivity contribution in [2.45, 2.75) is 19.0 Å². The fourth-order valence-electron chi connectivity index (χ4n) is 2.60. The number of rotatable bonds is 3. The third-order valence-corrected chi connectivity index (χ3v) is 3.76. The lowest BCUT2D eigenvalue weighted by molar-refractivity contribution is 0.0942. The minimum absolute atomic E-state index is 0.256. The molecule has 2 unspecified atom stereocenters. The molecule has 1 saturated heterocycles. The summed E-state index contributed by atoms with van der Waals surface area (Å²) in [6.07, 6.45) is 0. The molecule has 5 heteroatoms. The molecular weight excluding hydrogens is 248 g/mol. The topological polar surface area (TPSA) is 32.5 Å². The van der Waals surface area contributed by atoms with Crippen molar-refractivity contribution in [3.05, 3.63) is 35.4 Å². The molecule has 0 spiro atoms. The van der Waals surface area contributed by atoms with E-state index in [0.29, 0.717) is 12.6 Å². The maximum absolute atomic E-state index is 13.7. The number of nitrogens with zero attached hydrogens (tertiary/aromatic N) is 2. The maximum atomic E-state index is 13.7. The number of likely N-dealkylation sites (N-methyl/N-ethyl adjacent to an activating group) is 1. The molecule has 2 rings (SSSR count). The summed E-state index contributed by atoms with van der Waals surface area (Å²) in [6, 6.07) is 3.32. The minimum Gasteiger partial charge on any atom is -0.323 e. The Balaban J connectivity index is 2.04. The number of piperazine rings is 1. The van der Waals surface area contributed by atoms with Crippen LogP contribution in [0, 0.1) is 11.6 Å². The largest absolute Gasteiger partial charge is 0.323 e. The Kier molecular flexibility index (Phi) is 4.50. The van der Waals surface area contributed by atoms with Gasteiger partial charge in [0, 0.05) is 43.8 Å². The van der Waals surface area contributed by atoms with Crippen molar-refractivity contribution >= 4 is 0 Å². The van der Waals surface area contributed by atoms with Gasteiger partial charge in [0.2, 0.25) is 0 Å². The molecule has 3 nitrogen and oxygen atoms in total. The molecular formula is C14H21F2N3. The van der Waals surface area contributed by atoms with Crippen molar-refractivity contribution in [3.8, 4) is 0 Å². The second-order valence-electron chi connectivity index (χ2n) is 5.38. The molecule has 0 bridgehead atoms. The van der Waals surface area contributed by atoms with Crippen LogP contribution in [0.25, 0.3) is 0 Å². The van der Waals surface area contributed by atoms with E-state index in [2.05, 4.69) is 23.8 Å². The van der Waals surface area contributed by atoms with E-state index in [9.17, 15) is 8.78 Å². The van der Waals surface area contributed by atoms with Crippen LogP contribution >= 0.6 is 0 Å². The van der Waals surface area contributed by atoms with Crippen molar-refractivity contribution in [1.29, 1.82) is 0 Å². The Bertz CT molecular complexity index is 439. The van der Waals surface area contributed by atoms with E-state index in [-0.39, 0.29) is 5.56 Å². The highest BCUT2D eigenvalue weighted by atomic mass is 19.1. The summed E-state index contributed by atoms with van der Waals surface area (Å²) in [5.74, 6) is -0.881. The van der Waals surface area contributed by atoms with Crippen LogP contribution in [-0.4, -0.2) is 49.1 Å². The highest BCUT2D eigenvalue weighted by Crippen LogP contribution is 2.19. The van der Waals surface area contributed by atoms with Gasteiger partial charge < -0.3 is 10.6 Å². The van der Waals surface area contributed by atoms with Crippen molar-refractivity contribution in [1.82, 2.24) is 9.80 Å². The summed E-state index contributed by atoms with van der Waals surface area (Å²) in [7, 11) is 2.08. The van der Waals surface area contributed by atoms with Crippen molar-refractivity contribution in [2.75, 3.05) is 33.2 Å². The van der Waals surface area contributed by atoms with E-state index >= 15 is 0 Å². The van der Waals surface area contributed by atoms with Gasteiger partial charge in [0.25, 0.3) is 0 Å². The van der Waals surface area contributed by atoms with Crippen LogP contribution in [0.15, 0.2) is 18.2 Å². The molecule has 0 amide bonds. The van der Waals surface area contributed by atoms with Gasteiger partial charge in [-0.05, 0) is 32.2 Å². The second-order valence-corrected chi connectivity index (χ2v) is 5.38. The Labute approximate surface area is 113 Å². The van der Waals surface area contributed by atoms with Gasteiger partial charge in [-0.25, -0.2) is 8.78 Å². The molecule has 0 radical (unpaired) electrons. The molecule has 1 heterocycles. The van der Waals surface area contributed by atoms with Crippen LogP contribution in [0.4, 0.5) is 8.78 Å². The minimum atomic E-state index is -0.499. The molecule has 1 fully saturated rings. The Morgan fingerprint density at radius 2 is 2.11 bits per heavy atom. The molecule has 1 aliphatic heterocycles. The molecule has 1 aromatic rings. The number of hydrogen-bond acceptors (Lipinski definition) is 3. The zero-order valence-electron chi connectivity index (χ0n) is 11.4. The smallest absolute Gasteiger partial charge is 0.128 e. The van der Waals surface area contributed by atoms with E-state index < -0.39 is 17.7 Å². The van der Waals surface area contributed by atoms with Gasteiger partial charge in [0.1, 0.15) is 11.6 Å².